The number of likely N-dealkylation sites (tertiary alicyclic amines) is 1. The summed E-state index contributed by atoms with van der Waals surface area (Å²) >= 11 is 0. The number of anilines is 1. The summed E-state index contributed by atoms with van der Waals surface area (Å²) in [6.45, 7) is 5.85. The molecule has 1 aliphatic heterocycles. The molecule has 1 aliphatic rings. The summed E-state index contributed by atoms with van der Waals surface area (Å²) in [5.74, 6) is 0.807. The Morgan fingerprint density at radius 3 is 2.34 bits per heavy atom. The quantitative estimate of drug-likeness (QED) is 0.527. The van der Waals surface area contributed by atoms with E-state index in [-0.39, 0.29) is 16.3 Å². The first-order chi connectivity index (χ1) is 13.7. The molecule has 0 bridgehead atoms. The Hall–Kier alpha value is -2.49. The predicted molar refractivity (Wildman–Crippen MR) is 112 cm³/mol. The van der Waals surface area contributed by atoms with E-state index < -0.39 is 14.9 Å². The number of hydrogen-bond donors (Lipinski definition) is 2. The smallest absolute Gasteiger partial charge is 0.270 e. The molecule has 2 aromatic rings. The number of sulfonamides is 1. The van der Waals surface area contributed by atoms with E-state index in [0.29, 0.717) is 6.54 Å². The lowest BCUT2D eigenvalue weighted by atomic mass is 9.99. The molecule has 0 atom stereocenters. The van der Waals surface area contributed by atoms with Gasteiger partial charge in [0.25, 0.3) is 5.69 Å². The summed E-state index contributed by atoms with van der Waals surface area (Å²) < 4.78 is 23.6. The molecule has 29 heavy (non-hydrogen) atoms. The Kier molecular flexibility index (Phi) is 6.51. The highest BCUT2D eigenvalue weighted by atomic mass is 32.2. The van der Waals surface area contributed by atoms with Crippen LogP contribution < -0.4 is 10.5 Å². The second kappa shape index (κ2) is 8.89. The Morgan fingerprint density at radius 1 is 1.14 bits per heavy atom. The summed E-state index contributed by atoms with van der Waals surface area (Å²) in [6.07, 6.45) is 2.48. The lowest BCUT2D eigenvalue weighted by Crippen LogP contribution is -2.32. The van der Waals surface area contributed by atoms with Crippen LogP contribution in [0.25, 0.3) is 0 Å². The molecule has 1 fully saturated rings. The molecule has 0 aromatic heterocycles. The maximum absolute atomic E-state index is 11.8. The van der Waals surface area contributed by atoms with Gasteiger partial charge in [0.15, 0.2) is 0 Å². The maximum Gasteiger partial charge on any atom is 0.270 e. The molecular weight excluding hydrogens is 392 g/mol. The van der Waals surface area contributed by atoms with Gasteiger partial charge in [0.05, 0.1) is 10.6 Å². The number of primary sulfonamides is 1. The molecule has 0 saturated carbocycles. The highest BCUT2D eigenvalue weighted by molar-refractivity contribution is 7.89. The first kappa shape index (κ1) is 21.2. The molecule has 0 amide bonds. The van der Waals surface area contributed by atoms with Crippen molar-refractivity contribution in [2.75, 3.05) is 18.4 Å². The van der Waals surface area contributed by atoms with Gasteiger partial charge in [0, 0.05) is 25.2 Å². The Bertz CT molecular complexity index is 968. The van der Waals surface area contributed by atoms with Gasteiger partial charge in [0.2, 0.25) is 10.0 Å². The zero-order chi connectivity index (χ0) is 21.0. The van der Waals surface area contributed by atoms with Crippen molar-refractivity contribution in [3.05, 3.63) is 63.7 Å². The summed E-state index contributed by atoms with van der Waals surface area (Å²) in [6, 6.07) is 11.7. The minimum atomic E-state index is -4.09. The van der Waals surface area contributed by atoms with Crippen LogP contribution in [-0.4, -0.2) is 31.3 Å². The minimum Gasteiger partial charge on any atom is -0.380 e. The first-order valence-corrected chi connectivity index (χ1v) is 11.1. The maximum atomic E-state index is 11.8. The predicted octanol–water partition coefficient (Wildman–Crippen LogP) is 3.09. The zero-order valence-corrected chi connectivity index (χ0v) is 17.2. The summed E-state index contributed by atoms with van der Waals surface area (Å²) in [5.41, 5.74) is 2.13. The van der Waals surface area contributed by atoms with Gasteiger partial charge in [-0.15, -0.1) is 0 Å². The van der Waals surface area contributed by atoms with E-state index in [1.54, 1.807) is 0 Å². The summed E-state index contributed by atoms with van der Waals surface area (Å²) in [7, 11) is -4.09. The topological polar surface area (TPSA) is 119 Å². The number of hydrogen-bond acceptors (Lipinski definition) is 6. The van der Waals surface area contributed by atoms with Crippen LogP contribution in [0.3, 0.4) is 0 Å². The van der Waals surface area contributed by atoms with E-state index in [1.807, 2.05) is 12.1 Å². The average Bonchev–Trinajstić information content (AvgIpc) is 2.68. The van der Waals surface area contributed by atoms with Crippen LogP contribution in [0, 0.1) is 16.0 Å². The molecule has 8 nitrogen and oxygen atoms in total. The van der Waals surface area contributed by atoms with E-state index in [4.69, 9.17) is 5.14 Å². The third-order valence-electron chi connectivity index (χ3n) is 5.27. The Labute approximate surface area is 170 Å². The second-order valence-electron chi connectivity index (χ2n) is 7.61. The summed E-state index contributed by atoms with van der Waals surface area (Å²) in [5, 5.41) is 19.1. The van der Waals surface area contributed by atoms with E-state index in [2.05, 4.69) is 29.3 Å². The van der Waals surface area contributed by atoms with Gasteiger partial charge in [-0.05, 0) is 49.0 Å². The number of nitrogens with zero attached hydrogens (tertiary/aromatic N) is 2. The molecule has 1 heterocycles. The van der Waals surface area contributed by atoms with Gasteiger partial charge < -0.3 is 5.32 Å². The standard InChI is InChI=1S/C20H26N4O4S/c1-15-8-10-23(11-9-15)14-17-4-2-16(3-5-17)13-22-19-7-6-18(24(25)26)12-20(19)29(21,27)28/h2-7,12,15,22H,8-11,13-14H2,1H3,(H2,21,27,28). The van der Waals surface area contributed by atoms with Gasteiger partial charge in [-0.1, -0.05) is 31.2 Å². The molecule has 3 rings (SSSR count). The number of piperidine rings is 1. The minimum absolute atomic E-state index is 0.240. The molecular formula is C20H26N4O4S. The average molecular weight is 419 g/mol. The van der Waals surface area contributed by atoms with Gasteiger partial charge in [-0.3, -0.25) is 15.0 Å². The molecule has 0 spiro atoms. The lowest BCUT2D eigenvalue weighted by molar-refractivity contribution is -0.385. The number of benzene rings is 2. The third kappa shape index (κ3) is 5.75. The first-order valence-electron chi connectivity index (χ1n) is 9.57. The fourth-order valence-electron chi connectivity index (χ4n) is 3.44. The van der Waals surface area contributed by atoms with Gasteiger partial charge >= 0.3 is 0 Å². The highest BCUT2D eigenvalue weighted by Crippen LogP contribution is 2.26. The molecule has 1 saturated heterocycles. The van der Waals surface area contributed by atoms with Crippen LogP contribution >= 0.6 is 0 Å². The van der Waals surface area contributed by atoms with Crippen LogP contribution in [-0.2, 0) is 23.1 Å². The van der Waals surface area contributed by atoms with Crippen LogP contribution in [0.2, 0.25) is 0 Å². The number of nitrogens with one attached hydrogen (secondary N) is 1. The van der Waals surface area contributed by atoms with Crippen molar-refractivity contribution >= 4 is 21.4 Å². The molecule has 9 heteroatoms. The fourth-order valence-corrected chi connectivity index (χ4v) is 4.18. The molecule has 156 valence electrons. The van der Waals surface area contributed by atoms with Crippen molar-refractivity contribution in [1.82, 2.24) is 4.90 Å². The van der Waals surface area contributed by atoms with Crippen LogP contribution in [0.5, 0.6) is 0 Å². The van der Waals surface area contributed by atoms with E-state index in [0.717, 1.165) is 37.2 Å². The number of nitro groups is 1. The number of nitrogens with two attached hydrogens (primary N) is 1. The van der Waals surface area contributed by atoms with Crippen molar-refractivity contribution in [1.29, 1.82) is 0 Å². The van der Waals surface area contributed by atoms with Gasteiger partial charge in [0.1, 0.15) is 4.90 Å². The monoisotopic (exact) mass is 418 g/mol. The summed E-state index contributed by atoms with van der Waals surface area (Å²) in [4.78, 5) is 12.4. The molecule has 3 N–H and O–H groups in total. The van der Waals surface area contributed by atoms with E-state index >= 15 is 0 Å². The SMILES string of the molecule is CC1CCN(Cc2ccc(CNc3ccc([N+](=O)[O-])cc3S(N)(=O)=O)cc2)CC1. The number of non-ortho nitro benzene ring substituents is 1. The third-order valence-corrected chi connectivity index (χ3v) is 6.22. The lowest BCUT2D eigenvalue weighted by Gasteiger charge is -2.30. The van der Waals surface area contributed by atoms with Gasteiger partial charge in [-0.25, -0.2) is 13.6 Å². The van der Waals surface area contributed by atoms with Crippen molar-refractivity contribution in [3.8, 4) is 0 Å². The number of nitro benzene ring substituents is 1. The Morgan fingerprint density at radius 2 is 1.76 bits per heavy atom. The fraction of sp³-hybridized carbons (Fsp3) is 0.400. The van der Waals surface area contributed by atoms with Crippen LogP contribution in [0.4, 0.5) is 11.4 Å². The Balaban J connectivity index is 1.65. The van der Waals surface area contributed by atoms with Crippen molar-refractivity contribution < 1.29 is 13.3 Å². The van der Waals surface area contributed by atoms with Crippen molar-refractivity contribution in [2.45, 2.75) is 37.8 Å². The van der Waals surface area contributed by atoms with Crippen LogP contribution in [0.1, 0.15) is 30.9 Å². The van der Waals surface area contributed by atoms with Gasteiger partial charge in [-0.2, -0.15) is 0 Å². The molecule has 0 aliphatic carbocycles. The molecule has 2 aromatic carbocycles. The van der Waals surface area contributed by atoms with Crippen LogP contribution in [0.15, 0.2) is 47.4 Å². The van der Waals surface area contributed by atoms with Crippen molar-refractivity contribution in [3.63, 3.8) is 0 Å². The zero-order valence-electron chi connectivity index (χ0n) is 16.4. The normalized spacial score (nSPS) is 15.9. The largest absolute Gasteiger partial charge is 0.380 e. The second-order valence-corrected chi connectivity index (χ2v) is 9.14. The highest BCUT2D eigenvalue weighted by Gasteiger charge is 2.19. The molecule has 0 unspecified atom stereocenters. The molecule has 0 radical (unpaired) electrons. The van der Waals surface area contributed by atoms with Crippen molar-refractivity contribution in [2.24, 2.45) is 11.1 Å². The van der Waals surface area contributed by atoms with E-state index in [9.17, 15) is 18.5 Å². The van der Waals surface area contributed by atoms with E-state index in [1.165, 1.54) is 30.5 Å². The number of rotatable bonds is 7.